The first-order valence-electron chi connectivity index (χ1n) is 6.93. The second-order valence-corrected chi connectivity index (χ2v) is 5.99. The summed E-state index contributed by atoms with van der Waals surface area (Å²) in [5.74, 6) is 2.61. The van der Waals surface area contributed by atoms with E-state index in [0.29, 0.717) is 0 Å². The van der Waals surface area contributed by atoms with Crippen LogP contribution in [-0.4, -0.2) is 24.9 Å². The quantitative estimate of drug-likeness (QED) is 0.825. The van der Waals surface area contributed by atoms with E-state index in [1.165, 1.54) is 5.56 Å². The van der Waals surface area contributed by atoms with Crippen molar-refractivity contribution in [2.75, 3.05) is 19.9 Å². The molecule has 0 spiro atoms. The largest absolute Gasteiger partial charge is 0.496 e. The minimum atomic E-state index is 0.178. The molecule has 1 aromatic carbocycles. The standard InChI is InChI=1S/C16H22N2O2S/c1-10-6-7-15(19-5)13(8-10)14(17-4)9-21-16-18-11(2)12(3)20-16/h6-8,14,17H,9H2,1-5H3. The Hall–Kier alpha value is -1.46. The molecule has 1 atom stereocenters. The zero-order valence-electron chi connectivity index (χ0n) is 13.2. The summed E-state index contributed by atoms with van der Waals surface area (Å²) in [4.78, 5) is 4.41. The number of aromatic nitrogens is 1. The number of nitrogens with zero attached hydrogens (tertiary/aromatic N) is 1. The van der Waals surface area contributed by atoms with Crippen LogP contribution in [0, 0.1) is 20.8 Å². The first kappa shape index (κ1) is 15.9. The Morgan fingerprint density at radius 2 is 2.10 bits per heavy atom. The van der Waals surface area contributed by atoms with Crippen molar-refractivity contribution in [2.45, 2.75) is 32.0 Å². The van der Waals surface area contributed by atoms with Crippen LogP contribution >= 0.6 is 11.8 Å². The van der Waals surface area contributed by atoms with Crippen LogP contribution in [0.1, 0.15) is 28.6 Å². The molecule has 0 aliphatic carbocycles. The fraction of sp³-hybridized carbons (Fsp3) is 0.438. The third kappa shape index (κ3) is 3.80. The van der Waals surface area contributed by atoms with E-state index in [9.17, 15) is 0 Å². The van der Waals surface area contributed by atoms with E-state index in [1.54, 1.807) is 18.9 Å². The van der Waals surface area contributed by atoms with Crippen molar-refractivity contribution in [3.05, 3.63) is 40.8 Å². The van der Waals surface area contributed by atoms with Gasteiger partial charge in [-0.1, -0.05) is 29.5 Å². The number of hydrogen-bond acceptors (Lipinski definition) is 5. The second kappa shape index (κ2) is 7.00. The molecular formula is C16H22N2O2S. The number of hydrogen-bond donors (Lipinski definition) is 1. The minimum Gasteiger partial charge on any atom is -0.496 e. The topological polar surface area (TPSA) is 47.3 Å². The van der Waals surface area contributed by atoms with Crippen molar-refractivity contribution in [2.24, 2.45) is 0 Å². The number of thioether (sulfide) groups is 1. The van der Waals surface area contributed by atoms with Crippen LogP contribution in [0.15, 0.2) is 27.8 Å². The van der Waals surface area contributed by atoms with Crippen molar-refractivity contribution in [1.82, 2.24) is 10.3 Å². The molecule has 1 unspecified atom stereocenters. The molecule has 0 aliphatic rings. The van der Waals surface area contributed by atoms with Gasteiger partial charge in [0.1, 0.15) is 11.5 Å². The number of oxazole rings is 1. The lowest BCUT2D eigenvalue weighted by Gasteiger charge is -2.19. The zero-order chi connectivity index (χ0) is 15.4. The lowest BCUT2D eigenvalue weighted by Crippen LogP contribution is -2.19. The molecule has 5 heteroatoms. The minimum absolute atomic E-state index is 0.178. The molecule has 4 nitrogen and oxygen atoms in total. The van der Waals surface area contributed by atoms with Crippen molar-refractivity contribution in [3.8, 4) is 5.75 Å². The maximum Gasteiger partial charge on any atom is 0.256 e. The van der Waals surface area contributed by atoms with Gasteiger partial charge in [0.25, 0.3) is 5.22 Å². The number of ether oxygens (including phenoxy) is 1. The van der Waals surface area contributed by atoms with Crippen LogP contribution in [0.4, 0.5) is 0 Å². The van der Waals surface area contributed by atoms with Crippen LogP contribution < -0.4 is 10.1 Å². The second-order valence-electron chi connectivity index (χ2n) is 5.02. The molecule has 1 aromatic heterocycles. The maximum absolute atomic E-state index is 5.62. The number of methoxy groups -OCH3 is 1. The van der Waals surface area contributed by atoms with Gasteiger partial charge >= 0.3 is 0 Å². The highest BCUT2D eigenvalue weighted by Crippen LogP contribution is 2.31. The Labute approximate surface area is 130 Å². The van der Waals surface area contributed by atoms with Crippen molar-refractivity contribution in [3.63, 3.8) is 0 Å². The van der Waals surface area contributed by atoms with Gasteiger partial charge in [0.15, 0.2) is 0 Å². The number of rotatable bonds is 6. The Balaban J connectivity index is 2.14. The molecule has 0 radical (unpaired) electrons. The summed E-state index contributed by atoms with van der Waals surface area (Å²) in [6.45, 7) is 5.98. The molecular weight excluding hydrogens is 284 g/mol. The van der Waals surface area contributed by atoms with E-state index in [2.05, 4.69) is 29.4 Å². The van der Waals surface area contributed by atoms with E-state index < -0.39 is 0 Å². The lowest BCUT2D eigenvalue weighted by molar-refractivity contribution is 0.403. The van der Waals surface area contributed by atoms with Crippen molar-refractivity contribution >= 4 is 11.8 Å². The van der Waals surface area contributed by atoms with Crippen LogP contribution in [0.3, 0.4) is 0 Å². The van der Waals surface area contributed by atoms with Gasteiger partial charge in [-0.3, -0.25) is 0 Å². The van der Waals surface area contributed by atoms with Gasteiger partial charge in [-0.25, -0.2) is 4.98 Å². The molecule has 1 heterocycles. The Bertz CT molecular complexity index is 591. The molecule has 1 N–H and O–H groups in total. The van der Waals surface area contributed by atoms with E-state index in [4.69, 9.17) is 9.15 Å². The summed E-state index contributed by atoms with van der Waals surface area (Å²) in [5, 5.41) is 4.06. The molecule has 2 rings (SSSR count). The summed E-state index contributed by atoms with van der Waals surface area (Å²) in [6, 6.07) is 6.41. The third-order valence-electron chi connectivity index (χ3n) is 3.49. The molecule has 0 fully saturated rings. The monoisotopic (exact) mass is 306 g/mol. The highest BCUT2D eigenvalue weighted by atomic mass is 32.2. The van der Waals surface area contributed by atoms with E-state index >= 15 is 0 Å². The highest BCUT2D eigenvalue weighted by molar-refractivity contribution is 7.99. The molecule has 2 aromatic rings. The molecule has 0 amide bonds. The van der Waals surface area contributed by atoms with Gasteiger partial charge in [-0.15, -0.1) is 0 Å². The van der Waals surface area contributed by atoms with Gasteiger partial charge in [0.2, 0.25) is 0 Å². The summed E-state index contributed by atoms with van der Waals surface area (Å²) in [5.41, 5.74) is 3.33. The van der Waals surface area contributed by atoms with Gasteiger partial charge in [-0.2, -0.15) is 0 Å². The lowest BCUT2D eigenvalue weighted by atomic mass is 10.0. The van der Waals surface area contributed by atoms with Crippen LogP contribution in [0.5, 0.6) is 5.75 Å². The summed E-state index contributed by atoms with van der Waals surface area (Å²) in [6.07, 6.45) is 0. The van der Waals surface area contributed by atoms with Crippen LogP contribution in [0.25, 0.3) is 0 Å². The fourth-order valence-corrected chi connectivity index (χ4v) is 3.16. The Morgan fingerprint density at radius 1 is 1.33 bits per heavy atom. The van der Waals surface area contributed by atoms with Gasteiger partial charge in [-0.05, 0) is 33.9 Å². The first-order chi connectivity index (χ1) is 10.0. The average Bonchev–Trinajstić information content (AvgIpc) is 2.79. The number of benzene rings is 1. The molecule has 0 bridgehead atoms. The summed E-state index contributed by atoms with van der Waals surface area (Å²) < 4.78 is 11.1. The fourth-order valence-electron chi connectivity index (χ4n) is 2.11. The van der Waals surface area contributed by atoms with Gasteiger partial charge < -0.3 is 14.5 Å². The smallest absolute Gasteiger partial charge is 0.256 e. The molecule has 21 heavy (non-hydrogen) atoms. The van der Waals surface area contributed by atoms with Crippen LogP contribution in [0.2, 0.25) is 0 Å². The molecule has 0 saturated heterocycles. The molecule has 0 aliphatic heterocycles. The Kier molecular flexibility index (Phi) is 5.31. The van der Waals surface area contributed by atoms with E-state index in [-0.39, 0.29) is 6.04 Å². The normalized spacial score (nSPS) is 12.4. The number of nitrogens with one attached hydrogen (secondary N) is 1. The summed E-state index contributed by atoms with van der Waals surface area (Å²) in [7, 11) is 3.66. The molecule has 114 valence electrons. The predicted molar refractivity (Wildman–Crippen MR) is 86.2 cm³/mol. The average molecular weight is 306 g/mol. The van der Waals surface area contributed by atoms with E-state index in [1.807, 2.05) is 27.0 Å². The predicted octanol–water partition coefficient (Wildman–Crippen LogP) is 3.66. The molecule has 0 saturated carbocycles. The van der Waals surface area contributed by atoms with E-state index in [0.717, 1.165) is 33.7 Å². The number of aryl methyl sites for hydroxylation is 3. The SMILES string of the molecule is CNC(CSc1nc(C)c(C)o1)c1cc(C)ccc1OC. The summed E-state index contributed by atoms with van der Waals surface area (Å²) >= 11 is 1.61. The van der Waals surface area contributed by atoms with Crippen molar-refractivity contribution < 1.29 is 9.15 Å². The van der Waals surface area contributed by atoms with Crippen LogP contribution in [-0.2, 0) is 0 Å². The first-order valence-corrected chi connectivity index (χ1v) is 7.92. The van der Waals surface area contributed by atoms with Gasteiger partial charge in [0, 0.05) is 17.4 Å². The Morgan fingerprint density at radius 3 is 2.67 bits per heavy atom. The maximum atomic E-state index is 5.62. The van der Waals surface area contributed by atoms with Crippen molar-refractivity contribution in [1.29, 1.82) is 0 Å². The highest BCUT2D eigenvalue weighted by Gasteiger charge is 2.17. The zero-order valence-corrected chi connectivity index (χ0v) is 14.0. The third-order valence-corrected chi connectivity index (χ3v) is 4.41. The van der Waals surface area contributed by atoms with Gasteiger partial charge in [0.05, 0.1) is 12.8 Å².